The second-order valence-corrected chi connectivity index (χ2v) is 3.13. The van der Waals surface area contributed by atoms with E-state index in [1.165, 1.54) is 0 Å². The van der Waals surface area contributed by atoms with Gasteiger partial charge < -0.3 is 16.2 Å². The Morgan fingerprint density at radius 2 is 2.36 bits per heavy atom. The minimum absolute atomic E-state index is 0.441. The lowest BCUT2D eigenvalue weighted by molar-refractivity contribution is -0.139. The first kappa shape index (κ1) is 10.5. The second kappa shape index (κ2) is 4.62. The van der Waals surface area contributed by atoms with Crippen LogP contribution in [-0.2, 0) is 11.2 Å². The predicted octanol–water partition coefficient (Wildman–Crippen LogP) is 0.484. The van der Waals surface area contributed by atoms with E-state index in [2.05, 4.69) is 5.32 Å². The number of rotatable bonds is 4. The van der Waals surface area contributed by atoms with E-state index in [0.717, 1.165) is 5.56 Å². The molecule has 0 heterocycles. The van der Waals surface area contributed by atoms with Crippen LogP contribution in [0.1, 0.15) is 5.56 Å². The Balaban J connectivity index is 2.72. The molecule has 0 saturated heterocycles. The first-order chi connectivity index (χ1) is 6.63. The highest BCUT2D eigenvalue weighted by atomic mass is 16.4. The smallest absolute Gasteiger partial charge is 0.321 e. The molecule has 0 aromatic heterocycles. The minimum Gasteiger partial charge on any atom is -0.480 e. The van der Waals surface area contributed by atoms with Gasteiger partial charge in [0.05, 0.1) is 0 Å². The lowest BCUT2D eigenvalue weighted by Crippen LogP contribution is -2.35. The molecule has 0 aliphatic carbocycles. The van der Waals surface area contributed by atoms with Gasteiger partial charge in [0.2, 0.25) is 0 Å². The molecule has 76 valence electrons. The van der Waals surface area contributed by atoms with E-state index in [-0.39, 0.29) is 0 Å². The number of carboxylic acids is 1. The molecule has 1 aromatic rings. The van der Waals surface area contributed by atoms with Gasteiger partial charge in [0.25, 0.3) is 0 Å². The van der Waals surface area contributed by atoms with Crippen molar-refractivity contribution in [2.45, 2.75) is 12.5 Å². The van der Waals surface area contributed by atoms with Gasteiger partial charge in [-0.15, -0.1) is 0 Å². The highest BCUT2D eigenvalue weighted by molar-refractivity contribution is 5.73. The van der Waals surface area contributed by atoms with Crippen LogP contribution in [0.25, 0.3) is 0 Å². The zero-order valence-corrected chi connectivity index (χ0v) is 8.03. The highest BCUT2D eigenvalue weighted by Crippen LogP contribution is 2.08. The predicted molar refractivity (Wildman–Crippen MR) is 55.0 cm³/mol. The van der Waals surface area contributed by atoms with Crippen molar-refractivity contribution < 1.29 is 9.90 Å². The molecule has 0 fully saturated rings. The van der Waals surface area contributed by atoms with Crippen LogP contribution in [0, 0.1) is 0 Å². The third-order valence-electron chi connectivity index (χ3n) is 2.04. The van der Waals surface area contributed by atoms with Gasteiger partial charge in [0.1, 0.15) is 6.04 Å². The molecule has 0 aliphatic rings. The molecule has 4 N–H and O–H groups in total. The van der Waals surface area contributed by atoms with Gasteiger partial charge in [-0.25, -0.2) is 0 Å². The molecule has 0 unspecified atom stereocenters. The van der Waals surface area contributed by atoms with E-state index < -0.39 is 12.0 Å². The zero-order chi connectivity index (χ0) is 10.6. The molecule has 0 radical (unpaired) electrons. The number of nitrogens with one attached hydrogen (secondary N) is 1. The molecule has 0 aliphatic heterocycles. The molecule has 4 nitrogen and oxygen atoms in total. The summed E-state index contributed by atoms with van der Waals surface area (Å²) in [6.45, 7) is 0. The Morgan fingerprint density at radius 1 is 1.64 bits per heavy atom. The summed E-state index contributed by atoms with van der Waals surface area (Å²) < 4.78 is 0. The third kappa shape index (κ3) is 2.74. The van der Waals surface area contributed by atoms with Crippen molar-refractivity contribution in [1.29, 1.82) is 0 Å². The fourth-order valence-electron chi connectivity index (χ4n) is 1.27. The van der Waals surface area contributed by atoms with Gasteiger partial charge in [-0.3, -0.25) is 4.79 Å². The van der Waals surface area contributed by atoms with Crippen LogP contribution in [-0.4, -0.2) is 24.2 Å². The minimum atomic E-state index is -0.852. The number of aliphatic carboxylic acids is 1. The number of benzene rings is 1. The zero-order valence-electron chi connectivity index (χ0n) is 8.03. The number of hydrogen-bond acceptors (Lipinski definition) is 3. The maximum Gasteiger partial charge on any atom is 0.321 e. The SMILES string of the molecule is CN[C@@H](Cc1cccc(N)c1)C(=O)O. The van der Waals surface area contributed by atoms with E-state index in [1.54, 1.807) is 19.2 Å². The van der Waals surface area contributed by atoms with Crippen LogP contribution >= 0.6 is 0 Å². The van der Waals surface area contributed by atoms with Gasteiger partial charge in [-0.1, -0.05) is 12.1 Å². The van der Waals surface area contributed by atoms with Crippen LogP contribution in [0.2, 0.25) is 0 Å². The van der Waals surface area contributed by atoms with Gasteiger partial charge in [-0.2, -0.15) is 0 Å². The number of carboxylic acid groups (broad SMARTS) is 1. The number of carbonyl (C=O) groups is 1. The maximum atomic E-state index is 10.7. The number of nitrogens with two attached hydrogens (primary N) is 1. The third-order valence-corrected chi connectivity index (χ3v) is 2.04. The van der Waals surface area contributed by atoms with Gasteiger partial charge >= 0.3 is 5.97 Å². The second-order valence-electron chi connectivity index (χ2n) is 3.13. The molecule has 0 bridgehead atoms. The van der Waals surface area contributed by atoms with Crippen molar-refractivity contribution in [1.82, 2.24) is 5.32 Å². The monoisotopic (exact) mass is 194 g/mol. The molecular formula is C10H14N2O2. The maximum absolute atomic E-state index is 10.7. The van der Waals surface area contributed by atoms with E-state index in [9.17, 15) is 4.79 Å². The molecule has 1 atom stereocenters. The van der Waals surface area contributed by atoms with E-state index in [4.69, 9.17) is 10.8 Å². The van der Waals surface area contributed by atoms with Gasteiger partial charge in [0.15, 0.2) is 0 Å². The van der Waals surface area contributed by atoms with E-state index >= 15 is 0 Å². The van der Waals surface area contributed by atoms with Crippen LogP contribution in [0.3, 0.4) is 0 Å². The highest BCUT2D eigenvalue weighted by Gasteiger charge is 2.14. The standard InChI is InChI=1S/C10H14N2O2/c1-12-9(10(13)14)6-7-3-2-4-8(11)5-7/h2-5,9,12H,6,11H2,1H3,(H,13,14)/t9-/m0/s1. The lowest BCUT2D eigenvalue weighted by atomic mass is 10.1. The Labute approximate surface area is 82.7 Å². The van der Waals surface area contributed by atoms with Crippen molar-refractivity contribution in [3.63, 3.8) is 0 Å². The summed E-state index contributed by atoms with van der Waals surface area (Å²) in [5, 5.41) is 11.5. The first-order valence-electron chi connectivity index (χ1n) is 4.38. The molecule has 1 aromatic carbocycles. The quantitative estimate of drug-likeness (QED) is 0.609. The van der Waals surface area contributed by atoms with E-state index in [1.807, 2.05) is 12.1 Å². The van der Waals surface area contributed by atoms with Crippen molar-refractivity contribution in [2.75, 3.05) is 12.8 Å². The Morgan fingerprint density at radius 3 is 2.86 bits per heavy atom. The molecular weight excluding hydrogens is 180 g/mol. The summed E-state index contributed by atoms with van der Waals surface area (Å²) in [6, 6.07) is 6.69. The van der Waals surface area contributed by atoms with Crippen molar-refractivity contribution in [3.8, 4) is 0 Å². The molecule has 0 spiro atoms. The van der Waals surface area contributed by atoms with Crippen LogP contribution in [0.15, 0.2) is 24.3 Å². The summed E-state index contributed by atoms with van der Waals surface area (Å²) in [7, 11) is 1.63. The Bertz CT molecular complexity index is 326. The summed E-state index contributed by atoms with van der Waals surface area (Å²) >= 11 is 0. The normalized spacial score (nSPS) is 12.4. The molecule has 0 amide bonds. The van der Waals surface area contributed by atoms with Crippen molar-refractivity contribution in [3.05, 3.63) is 29.8 Å². The van der Waals surface area contributed by atoms with Crippen LogP contribution < -0.4 is 11.1 Å². The average molecular weight is 194 g/mol. The van der Waals surface area contributed by atoms with Crippen molar-refractivity contribution >= 4 is 11.7 Å². The molecule has 14 heavy (non-hydrogen) atoms. The molecule has 4 heteroatoms. The fourth-order valence-corrected chi connectivity index (χ4v) is 1.27. The topological polar surface area (TPSA) is 75.3 Å². The summed E-state index contributed by atoms with van der Waals surface area (Å²) in [5.74, 6) is -0.852. The van der Waals surface area contributed by atoms with Crippen LogP contribution in [0.5, 0.6) is 0 Å². The number of likely N-dealkylation sites (N-methyl/N-ethyl adjacent to an activating group) is 1. The summed E-state index contributed by atoms with van der Waals surface area (Å²) in [6.07, 6.45) is 0.441. The fraction of sp³-hybridized carbons (Fsp3) is 0.300. The largest absolute Gasteiger partial charge is 0.480 e. The first-order valence-corrected chi connectivity index (χ1v) is 4.38. The number of anilines is 1. The van der Waals surface area contributed by atoms with Crippen molar-refractivity contribution in [2.24, 2.45) is 0 Å². The number of nitrogen functional groups attached to an aromatic ring is 1. The van der Waals surface area contributed by atoms with Crippen LogP contribution in [0.4, 0.5) is 5.69 Å². The van der Waals surface area contributed by atoms with Gasteiger partial charge in [0, 0.05) is 5.69 Å². The lowest BCUT2D eigenvalue weighted by Gasteiger charge is -2.10. The Hall–Kier alpha value is -1.55. The Kier molecular flexibility index (Phi) is 3.48. The number of hydrogen-bond donors (Lipinski definition) is 3. The van der Waals surface area contributed by atoms with Gasteiger partial charge in [-0.05, 0) is 31.2 Å². The summed E-state index contributed by atoms with van der Waals surface area (Å²) in [5.41, 5.74) is 7.16. The summed E-state index contributed by atoms with van der Waals surface area (Å²) in [4.78, 5) is 10.7. The molecule has 0 saturated carbocycles. The average Bonchev–Trinajstić information content (AvgIpc) is 2.14. The molecule has 1 rings (SSSR count). The van der Waals surface area contributed by atoms with E-state index in [0.29, 0.717) is 12.1 Å².